The number of pyridine rings is 1. The number of aromatic nitrogens is 3. The van der Waals surface area contributed by atoms with E-state index in [2.05, 4.69) is 44.9 Å². The van der Waals surface area contributed by atoms with Crippen molar-refractivity contribution < 1.29 is 4.79 Å². The monoisotopic (exact) mass is 477 g/mol. The molecule has 2 N–H and O–H groups in total. The number of aryl methyl sites for hydroxylation is 2. The van der Waals surface area contributed by atoms with E-state index < -0.39 is 5.91 Å². The number of nitrogens with one attached hydrogen (secondary N) is 2. The Morgan fingerprint density at radius 2 is 1.61 bits per heavy atom. The molecule has 0 aliphatic carbocycles. The molecule has 0 radical (unpaired) electrons. The van der Waals surface area contributed by atoms with Crippen LogP contribution in [0.4, 0.5) is 5.82 Å². The van der Waals surface area contributed by atoms with Gasteiger partial charge in [0, 0.05) is 30.6 Å². The number of hydrogen-bond acceptors (Lipinski definition) is 5. The first-order valence-electron chi connectivity index (χ1n) is 12.0. The molecule has 0 saturated carbocycles. The first-order valence-corrected chi connectivity index (χ1v) is 12.0. The van der Waals surface area contributed by atoms with E-state index >= 15 is 0 Å². The number of anilines is 1. The third kappa shape index (κ3) is 4.95. The molecule has 0 unspecified atom stereocenters. The van der Waals surface area contributed by atoms with Crippen molar-refractivity contribution in [1.82, 2.24) is 19.9 Å². The van der Waals surface area contributed by atoms with Gasteiger partial charge in [-0.2, -0.15) is 0 Å². The van der Waals surface area contributed by atoms with E-state index in [9.17, 15) is 9.59 Å². The van der Waals surface area contributed by atoms with Crippen molar-refractivity contribution in [3.63, 3.8) is 0 Å². The zero-order valence-electron chi connectivity index (χ0n) is 20.1. The normalized spacial score (nSPS) is 11.0. The van der Waals surface area contributed by atoms with Crippen molar-refractivity contribution in [2.24, 2.45) is 7.05 Å². The van der Waals surface area contributed by atoms with Gasteiger partial charge in [-0.05, 0) is 42.7 Å². The Labute approximate surface area is 208 Å². The molecule has 7 nitrogen and oxygen atoms in total. The maximum atomic E-state index is 12.9. The third-order valence-corrected chi connectivity index (χ3v) is 6.17. The lowest BCUT2D eigenvalue weighted by Crippen LogP contribution is -2.30. The molecule has 1 amide bonds. The van der Waals surface area contributed by atoms with Crippen LogP contribution >= 0.6 is 0 Å². The maximum Gasteiger partial charge on any atom is 0.257 e. The van der Waals surface area contributed by atoms with E-state index in [-0.39, 0.29) is 17.5 Å². The number of rotatable bonds is 8. The van der Waals surface area contributed by atoms with Crippen LogP contribution in [0.2, 0.25) is 0 Å². The zero-order chi connectivity index (χ0) is 24.9. The topological polar surface area (TPSA) is 88.9 Å². The van der Waals surface area contributed by atoms with Gasteiger partial charge in [0.25, 0.3) is 5.91 Å². The predicted molar refractivity (Wildman–Crippen MR) is 143 cm³/mol. The van der Waals surface area contributed by atoms with Gasteiger partial charge in [-0.1, -0.05) is 54.6 Å². The average molecular weight is 478 g/mol. The van der Waals surface area contributed by atoms with Gasteiger partial charge in [-0.25, -0.2) is 9.97 Å². The second-order valence-corrected chi connectivity index (χ2v) is 8.70. The zero-order valence-corrected chi connectivity index (χ0v) is 20.1. The molecule has 0 aliphatic heterocycles. The van der Waals surface area contributed by atoms with Gasteiger partial charge in [0.1, 0.15) is 11.4 Å². The number of nitrogens with zero attached hydrogens (tertiary/aromatic N) is 3. The lowest BCUT2D eigenvalue weighted by Gasteiger charge is -2.12. The second-order valence-electron chi connectivity index (χ2n) is 8.70. The highest BCUT2D eigenvalue weighted by Gasteiger charge is 2.15. The smallest absolute Gasteiger partial charge is 0.257 e. The van der Waals surface area contributed by atoms with Gasteiger partial charge in [0.05, 0.1) is 17.6 Å². The van der Waals surface area contributed by atoms with E-state index in [1.807, 2.05) is 49.5 Å². The number of hydrogen-bond donors (Lipinski definition) is 2. The highest BCUT2D eigenvalue weighted by molar-refractivity contribution is 5.97. The summed E-state index contributed by atoms with van der Waals surface area (Å²) in [6, 6.07) is 25.4. The van der Waals surface area contributed by atoms with Crippen LogP contribution in [0, 0.1) is 0 Å². The second kappa shape index (κ2) is 10.4. The number of carbonyl (C=O) groups excluding carboxylic acids is 1. The highest BCUT2D eigenvalue weighted by atomic mass is 16.2. The Hall–Kier alpha value is -4.52. The van der Waals surface area contributed by atoms with Gasteiger partial charge < -0.3 is 15.2 Å². The minimum Gasteiger partial charge on any atom is -0.369 e. The van der Waals surface area contributed by atoms with Gasteiger partial charge >= 0.3 is 0 Å². The summed E-state index contributed by atoms with van der Waals surface area (Å²) >= 11 is 0. The quantitative estimate of drug-likeness (QED) is 0.322. The number of carbonyl (C=O) groups is 1. The molecule has 0 fully saturated rings. The number of amides is 1. The summed E-state index contributed by atoms with van der Waals surface area (Å²) < 4.78 is 1.79. The molecular formula is C29H27N5O2. The van der Waals surface area contributed by atoms with Crippen molar-refractivity contribution in [3.8, 4) is 0 Å². The van der Waals surface area contributed by atoms with Crippen LogP contribution in [-0.2, 0) is 20.0 Å². The van der Waals surface area contributed by atoms with Crippen LogP contribution in [0.5, 0.6) is 0 Å². The molecule has 180 valence electrons. The summed E-state index contributed by atoms with van der Waals surface area (Å²) in [5.74, 6) is 0.764. The lowest BCUT2D eigenvalue weighted by molar-refractivity contribution is 0.0948. The van der Waals surface area contributed by atoms with Crippen molar-refractivity contribution >= 4 is 33.5 Å². The van der Waals surface area contributed by atoms with Crippen LogP contribution in [0.15, 0.2) is 89.9 Å². The Morgan fingerprint density at radius 1 is 0.889 bits per heavy atom. The highest BCUT2D eigenvalue weighted by Crippen LogP contribution is 2.20. The SMILES string of the molecule is Cn1cc(C(=O)NCc2nc(NCCCc3ccccc3)c3ccccc3n2)c(=O)c2ccccc21. The van der Waals surface area contributed by atoms with Crippen molar-refractivity contribution in [3.05, 3.63) is 112 Å². The van der Waals surface area contributed by atoms with E-state index in [0.717, 1.165) is 41.6 Å². The fraction of sp³-hybridized carbons (Fsp3) is 0.172. The summed E-state index contributed by atoms with van der Waals surface area (Å²) in [4.78, 5) is 35.1. The summed E-state index contributed by atoms with van der Waals surface area (Å²) in [6.45, 7) is 0.868. The van der Waals surface area contributed by atoms with E-state index in [1.54, 1.807) is 22.9 Å². The van der Waals surface area contributed by atoms with Crippen LogP contribution in [-0.4, -0.2) is 27.0 Å². The molecular weight excluding hydrogens is 450 g/mol. The molecule has 0 saturated heterocycles. The van der Waals surface area contributed by atoms with Crippen LogP contribution in [0.3, 0.4) is 0 Å². The molecule has 5 rings (SSSR count). The Morgan fingerprint density at radius 3 is 2.44 bits per heavy atom. The first kappa shape index (κ1) is 23.2. The molecule has 0 spiro atoms. The molecule has 5 aromatic rings. The molecule has 36 heavy (non-hydrogen) atoms. The Kier molecular flexibility index (Phi) is 6.71. The molecule has 2 aromatic heterocycles. The van der Waals surface area contributed by atoms with Crippen LogP contribution < -0.4 is 16.1 Å². The standard InChI is InChI=1S/C29H27N5O2/c1-34-19-23(27(35)22-14-6-8-16-25(22)34)29(36)31-18-26-32-24-15-7-5-13-21(24)28(33-26)30-17-9-12-20-10-3-2-4-11-20/h2-8,10-11,13-16,19H,9,12,17-18H2,1H3,(H,31,36)(H,30,32,33). The van der Waals surface area contributed by atoms with Gasteiger partial charge in [0.2, 0.25) is 5.43 Å². The third-order valence-electron chi connectivity index (χ3n) is 6.17. The van der Waals surface area contributed by atoms with Crippen molar-refractivity contribution in [1.29, 1.82) is 0 Å². The molecule has 0 atom stereocenters. The maximum absolute atomic E-state index is 12.9. The lowest BCUT2D eigenvalue weighted by atomic mass is 10.1. The largest absolute Gasteiger partial charge is 0.369 e. The summed E-state index contributed by atoms with van der Waals surface area (Å²) in [7, 11) is 1.82. The number of para-hydroxylation sites is 2. The average Bonchev–Trinajstić information content (AvgIpc) is 2.92. The Bertz CT molecular complexity index is 1590. The van der Waals surface area contributed by atoms with E-state index in [4.69, 9.17) is 0 Å². The molecule has 3 aromatic carbocycles. The van der Waals surface area contributed by atoms with Crippen molar-refractivity contribution in [2.45, 2.75) is 19.4 Å². The fourth-order valence-corrected chi connectivity index (χ4v) is 4.34. The number of benzene rings is 3. The molecule has 7 heteroatoms. The van der Waals surface area contributed by atoms with Gasteiger partial charge in [0.15, 0.2) is 5.82 Å². The Balaban J connectivity index is 1.32. The summed E-state index contributed by atoms with van der Waals surface area (Å²) in [5.41, 5.74) is 2.68. The van der Waals surface area contributed by atoms with Crippen molar-refractivity contribution in [2.75, 3.05) is 11.9 Å². The van der Waals surface area contributed by atoms with Crippen LogP contribution in [0.25, 0.3) is 21.8 Å². The fourth-order valence-electron chi connectivity index (χ4n) is 4.34. The van der Waals surface area contributed by atoms with E-state index in [0.29, 0.717) is 11.2 Å². The summed E-state index contributed by atoms with van der Waals surface area (Å²) in [5, 5.41) is 7.70. The minimum absolute atomic E-state index is 0.0937. The minimum atomic E-state index is -0.449. The van der Waals surface area contributed by atoms with Gasteiger partial charge in [-0.15, -0.1) is 0 Å². The molecule has 0 bridgehead atoms. The molecule has 2 heterocycles. The predicted octanol–water partition coefficient (Wildman–Crippen LogP) is 4.46. The number of fused-ring (bicyclic) bond motifs is 2. The van der Waals surface area contributed by atoms with Crippen LogP contribution in [0.1, 0.15) is 28.2 Å². The summed E-state index contributed by atoms with van der Waals surface area (Å²) in [6.07, 6.45) is 3.50. The van der Waals surface area contributed by atoms with Gasteiger partial charge in [-0.3, -0.25) is 9.59 Å². The first-order chi connectivity index (χ1) is 17.6. The molecule has 0 aliphatic rings. The van der Waals surface area contributed by atoms with E-state index in [1.165, 1.54) is 5.56 Å².